The molecule has 0 amide bonds. The Bertz CT molecular complexity index is 567. The first-order valence-electron chi connectivity index (χ1n) is 11.7. The summed E-state index contributed by atoms with van der Waals surface area (Å²) >= 11 is 0. The van der Waals surface area contributed by atoms with Crippen LogP contribution in [0.25, 0.3) is 0 Å². The lowest BCUT2D eigenvalue weighted by atomic mass is 10.2. The Labute approximate surface area is 170 Å². The molecule has 3 aliphatic rings. The normalized spacial score (nSPS) is 21.1. The average molecular weight is 387 g/mol. The van der Waals surface area contributed by atoms with Crippen molar-refractivity contribution < 1.29 is 0 Å². The predicted molar refractivity (Wildman–Crippen MR) is 118 cm³/mol. The number of piperazine rings is 1. The highest BCUT2D eigenvalue weighted by atomic mass is 15.3. The summed E-state index contributed by atoms with van der Waals surface area (Å²) in [5.74, 6) is 3.25. The fourth-order valence-corrected chi connectivity index (χ4v) is 4.70. The molecular formula is C22H38N6. The molecule has 4 heterocycles. The van der Waals surface area contributed by atoms with Gasteiger partial charge in [0.15, 0.2) is 0 Å². The molecule has 3 saturated heterocycles. The molecule has 1 aromatic heterocycles. The molecule has 0 spiro atoms. The molecular weight excluding hydrogens is 348 g/mol. The fraction of sp³-hybridized carbons (Fsp3) is 0.818. The van der Waals surface area contributed by atoms with E-state index in [2.05, 4.69) is 32.6 Å². The Kier molecular flexibility index (Phi) is 6.89. The van der Waals surface area contributed by atoms with Crippen LogP contribution in [0.5, 0.6) is 0 Å². The van der Waals surface area contributed by atoms with E-state index in [0.29, 0.717) is 0 Å². The third-order valence-electron chi connectivity index (χ3n) is 6.53. The molecule has 3 aliphatic heterocycles. The van der Waals surface area contributed by atoms with Gasteiger partial charge < -0.3 is 14.7 Å². The fourth-order valence-electron chi connectivity index (χ4n) is 4.70. The Morgan fingerprint density at radius 3 is 1.86 bits per heavy atom. The van der Waals surface area contributed by atoms with E-state index in [1.54, 1.807) is 0 Å². The molecule has 3 fully saturated rings. The zero-order valence-electron chi connectivity index (χ0n) is 17.8. The van der Waals surface area contributed by atoms with Gasteiger partial charge in [-0.15, -0.1) is 0 Å². The van der Waals surface area contributed by atoms with Crippen LogP contribution in [0.15, 0.2) is 6.07 Å². The SMILES string of the molecule is CCCCCCN1CCN(c2cc(N3CCCC3)nc(N3CCCC3)n2)CC1. The van der Waals surface area contributed by atoms with E-state index in [-0.39, 0.29) is 0 Å². The van der Waals surface area contributed by atoms with E-state index in [1.165, 1.54) is 57.9 Å². The molecule has 156 valence electrons. The monoisotopic (exact) mass is 386 g/mol. The molecule has 0 radical (unpaired) electrons. The number of anilines is 3. The van der Waals surface area contributed by atoms with E-state index in [0.717, 1.165) is 69.9 Å². The van der Waals surface area contributed by atoms with Gasteiger partial charge in [-0.3, -0.25) is 4.90 Å². The quantitative estimate of drug-likeness (QED) is 0.638. The van der Waals surface area contributed by atoms with Crippen molar-refractivity contribution in [3.05, 3.63) is 6.07 Å². The Morgan fingerprint density at radius 1 is 0.679 bits per heavy atom. The van der Waals surface area contributed by atoms with Crippen LogP contribution in [-0.2, 0) is 0 Å². The summed E-state index contributed by atoms with van der Waals surface area (Å²) in [6, 6.07) is 2.25. The summed E-state index contributed by atoms with van der Waals surface area (Å²) < 4.78 is 0. The minimum Gasteiger partial charge on any atom is -0.356 e. The number of hydrogen-bond acceptors (Lipinski definition) is 6. The van der Waals surface area contributed by atoms with Gasteiger partial charge in [-0.2, -0.15) is 9.97 Å². The van der Waals surface area contributed by atoms with Crippen molar-refractivity contribution in [1.82, 2.24) is 14.9 Å². The highest BCUT2D eigenvalue weighted by Gasteiger charge is 2.24. The molecule has 0 aromatic carbocycles. The molecule has 4 rings (SSSR count). The Morgan fingerprint density at radius 2 is 1.25 bits per heavy atom. The van der Waals surface area contributed by atoms with Gasteiger partial charge in [-0.05, 0) is 38.6 Å². The average Bonchev–Trinajstić information content (AvgIpc) is 3.46. The molecule has 6 heteroatoms. The van der Waals surface area contributed by atoms with Crippen molar-refractivity contribution in [1.29, 1.82) is 0 Å². The molecule has 1 aromatic rings. The molecule has 0 N–H and O–H groups in total. The largest absolute Gasteiger partial charge is 0.356 e. The van der Waals surface area contributed by atoms with E-state index in [9.17, 15) is 0 Å². The Hall–Kier alpha value is -1.56. The third kappa shape index (κ3) is 4.88. The lowest BCUT2D eigenvalue weighted by Gasteiger charge is -2.36. The molecule has 0 atom stereocenters. The van der Waals surface area contributed by atoms with Gasteiger partial charge in [0.25, 0.3) is 0 Å². The minimum atomic E-state index is 0.957. The molecule has 0 bridgehead atoms. The zero-order chi connectivity index (χ0) is 19.2. The van der Waals surface area contributed by atoms with Crippen LogP contribution in [-0.4, -0.2) is 73.8 Å². The maximum absolute atomic E-state index is 5.02. The second-order valence-corrected chi connectivity index (χ2v) is 8.66. The highest BCUT2D eigenvalue weighted by Crippen LogP contribution is 2.27. The summed E-state index contributed by atoms with van der Waals surface area (Å²) in [7, 11) is 0. The molecule has 0 unspecified atom stereocenters. The van der Waals surface area contributed by atoms with Crippen LogP contribution in [0, 0.1) is 0 Å². The predicted octanol–water partition coefficient (Wildman–Crippen LogP) is 3.38. The maximum Gasteiger partial charge on any atom is 0.229 e. The van der Waals surface area contributed by atoms with Gasteiger partial charge >= 0.3 is 0 Å². The van der Waals surface area contributed by atoms with Crippen molar-refractivity contribution in [2.24, 2.45) is 0 Å². The number of unbranched alkanes of at least 4 members (excludes halogenated alkanes) is 3. The summed E-state index contributed by atoms with van der Waals surface area (Å²) in [4.78, 5) is 19.9. The van der Waals surface area contributed by atoms with Gasteiger partial charge in [0.1, 0.15) is 11.6 Å². The van der Waals surface area contributed by atoms with Gasteiger partial charge in [-0.1, -0.05) is 26.2 Å². The van der Waals surface area contributed by atoms with Crippen LogP contribution in [0.1, 0.15) is 58.3 Å². The molecule has 0 saturated carbocycles. The standard InChI is InChI=1S/C22H38N6/c1-2-3-4-5-10-25-15-17-27(18-16-25)21-19-20(26-11-6-7-12-26)23-22(24-21)28-13-8-9-14-28/h19H,2-18H2,1H3. The lowest BCUT2D eigenvalue weighted by molar-refractivity contribution is 0.251. The smallest absolute Gasteiger partial charge is 0.229 e. The second-order valence-electron chi connectivity index (χ2n) is 8.66. The van der Waals surface area contributed by atoms with Gasteiger partial charge in [-0.25, -0.2) is 0 Å². The van der Waals surface area contributed by atoms with Gasteiger partial charge in [0.05, 0.1) is 0 Å². The second kappa shape index (κ2) is 9.77. The van der Waals surface area contributed by atoms with Crippen LogP contribution in [0.2, 0.25) is 0 Å². The summed E-state index contributed by atoms with van der Waals surface area (Å²) in [5.41, 5.74) is 0. The van der Waals surface area contributed by atoms with Crippen LogP contribution in [0.3, 0.4) is 0 Å². The number of hydrogen-bond donors (Lipinski definition) is 0. The van der Waals surface area contributed by atoms with Crippen LogP contribution < -0.4 is 14.7 Å². The molecule has 6 nitrogen and oxygen atoms in total. The zero-order valence-corrected chi connectivity index (χ0v) is 17.8. The lowest BCUT2D eigenvalue weighted by Crippen LogP contribution is -2.47. The van der Waals surface area contributed by atoms with E-state index in [1.807, 2.05) is 0 Å². The number of nitrogens with zero attached hydrogens (tertiary/aromatic N) is 6. The third-order valence-corrected chi connectivity index (χ3v) is 6.53. The first-order chi connectivity index (χ1) is 13.8. The van der Waals surface area contributed by atoms with Gasteiger partial charge in [0.2, 0.25) is 5.95 Å². The summed E-state index contributed by atoms with van der Waals surface area (Å²) in [5, 5.41) is 0. The van der Waals surface area contributed by atoms with Crippen LogP contribution >= 0.6 is 0 Å². The van der Waals surface area contributed by atoms with Crippen molar-refractivity contribution in [3.63, 3.8) is 0 Å². The van der Waals surface area contributed by atoms with Crippen molar-refractivity contribution >= 4 is 17.6 Å². The first kappa shape index (κ1) is 19.7. The number of aromatic nitrogens is 2. The van der Waals surface area contributed by atoms with Crippen molar-refractivity contribution in [2.75, 3.05) is 73.6 Å². The highest BCUT2D eigenvalue weighted by molar-refractivity contribution is 5.56. The molecule has 28 heavy (non-hydrogen) atoms. The summed E-state index contributed by atoms with van der Waals surface area (Å²) in [6.07, 6.45) is 10.5. The van der Waals surface area contributed by atoms with Gasteiger partial charge in [0, 0.05) is 58.4 Å². The van der Waals surface area contributed by atoms with E-state index < -0.39 is 0 Å². The maximum atomic E-state index is 5.02. The van der Waals surface area contributed by atoms with Crippen LogP contribution in [0.4, 0.5) is 17.6 Å². The van der Waals surface area contributed by atoms with Crippen molar-refractivity contribution in [2.45, 2.75) is 58.3 Å². The molecule has 0 aliphatic carbocycles. The number of rotatable bonds is 8. The van der Waals surface area contributed by atoms with E-state index in [4.69, 9.17) is 9.97 Å². The summed E-state index contributed by atoms with van der Waals surface area (Å²) in [6.45, 7) is 12.5. The van der Waals surface area contributed by atoms with Crippen molar-refractivity contribution in [3.8, 4) is 0 Å². The Balaban J connectivity index is 1.41. The first-order valence-corrected chi connectivity index (χ1v) is 11.7. The topological polar surface area (TPSA) is 38.7 Å². The van der Waals surface area contributed by atoms with E-state index >= 15 is 0 Å². The minimum absolute atomic E-state index is 0.957.